The SMILES string of the molecule is Cc1ccc(C)c(N(CC(=O)Nc2ccc(F)cc2F)S(=O)(=O)N(C)C)c1. The lowest BCUT2D eigenvalue weighted by molar-refractivity contribution is -0.114. The summed E-state index contributed by atoms with van der Waals surface area (Å²) in [4.78, 5) is 12.4. The molecule has 0 aliphatic rings. The highest BCUT2D eigenvalue weighted by Gasteiger charge is 2.28. The third kappa shape index (κ3) is 4.81. The minimum absolute atomic E-state index is 0.232. The number of anilines is 2. The van der Waals surface area contributed by atoms with Crippen LogP contribution < -0.4 is 9.62 Å². The van der Waals surface area contributed by atoms with Gasteiger partial charge in [0.15, 0.2) is 0 Å². The van der Waals surface area contributed by atoms with Crippen molar-refractivity contribution >= 4 is 27.5 Å². The monoisotopic (exact) mass is 397 g/mol. The molecular weight excluding hydrogens is 376 g/mol. The molecule has 0 aromatic heterocycles. The van der Waals surface area contributed by atoms with E-state index in [1.54, 1.807) is 26.0 Å². The second kappa shape index (κ2) is 8.01. The van der Waals surface area contributed by atoms with Gasteiger partial charge in [0.1, 0.15) is 18.2 Å². The Morgan fingerprint density at radius 1 is 1.07 bits per heavy atom. The topological polar surface area (TPSA) is 69.7 Å². The van der Waals surface area contributed by atoms with Crippen molar-refractivity contribution in [2.24, 2.45) is 0 Å². The zero-order chi connectivity index (χ0) is 20.4. The number of aryl methyl sites for hydroxylation is 2. The predicted molar refractivity (Wildman–Crippen MR) is 101 cm³/mol. The molecule has 2 aromatic rings. The molecule has 0 bridgehead atoms. The molecule has 1 amide bonds. The highest BCUT2D eigenvalue weighted by molar-refractivity contribution is 7.90. The minimum Gasteiger partial charge on any atom is -0.322 e. The Hall–Kier alpha value is -2.52. The number of carbonyl (C=O) groups is 1. The van der Waals surface area contributed by atoms with E-state index in [4.69, 9.17) is 0 Å². The van der Waals surface area contributed by atoms with Crippen LogP contribution in [0.2, 0.25) is 0 Å². The number of benzene rings is 2. The van der Waals surface area contributed by atoms with Crippen LogP contribution in [0.25, 0.3) is 0 Å². The average molecular weight is 397 g/mol. The van der Waals surface area contributed by atoms with E-state index in [1.165, 1.54) is 14.1 Å². The summed E-state index contributed by atoms with van der Waals surface area (Å²) in [7, 11) is -1.28. The van der Waals surface area contributed by atoms with E-state index in [-0.39, 0.29) is 5.69 Å². The van der Waals surface area contributed by atoms with Crippen molar-refractivity contribution in [2.45, 2.75) is 13.8 Å². The van der Waals surface area contributed by atoms with Crippen LogP contribution in [0.1, 0.15) is 11.1 Å². The third-order valence-corrected chi connectivity index (χ3v) is 5.67. The number of carbonyl (C=O) groups excluding carboxylic acids is 1. The van der Waals surface area contributed by atoms with E-state index in [2.05, 4.69) is 5.32 Å². The Bertz CT molecular complexity index is 962. The van der Waals surface area contributed by atoms with Gasteiger partial charge >= 0.3 is 10.2 Å². The van der Waals surface area contributed by atoms with Gasteiger partial charge in [0, 0.05) is 20.2 Å². The standard InChI is InChI=1S/C18H21F2N3O3S/c1-12-5-6-13(2)17(9-12)23(27(25,26)22(3)4)11-18(24)21-16-8-7-14(19)10-15(16)20/h5-10H,11H2,1-4H3,(H,21,24). The first-order chi connectivity index (χ1) is 12.5. The van der Waals surface area contributed by atoms with Gasteiger partial charge in [-0.25, -0.2) is 13.1 Å². The molecule has 0 aliphatic carbocycles. The van der Waals surface area contributed by atoms with E-state index >= 15 is 0 Å². The molecule has 2 aromatic carbocycles. The third-order valence-electron chi connectivity index (χ3n) is 3.87. The predicted octanol–water partition coefficient (Wildman–Crippen LogP) is 2.83. The van der Waals surface area contributed by atoms with E-state index < -0.39 is 34.3 Å². The molecule has 0 radical (unpaired) electrons. The number of hydrogen-bond donors (Lipinski definition) is 1. The largest absolute Gasteiger partial charge is 0.322 e. The summed E-state index contributed by atoms with van der Waals surface area (Å²) in [6.45, 7) is 2.96. The van der Waals surface area contributed by atoms with Crippen LogP contribution >= 0.6 is 0 Å². The van der Waals surface area contributed by atoms with Gasteiger partial charge in [-0.15, -0.1) is 0 Å². The molecule has 0 fully saturated rings. The number of rotatable bonds is 6. The van der Waals surface area contributed by atoms with Gasteiger partial charge in [-0.1, -0.05) is 12.1 Å². The fraction of sp³-hybridized carbons (Fsp3) is 0.278. The Morgan fingerprint density at radius 3 is 2.33 bits per heavy atom. The summed E-state index contributed by atoms with van der Waals surface area (Å²) in [6.07, 6.45) is 0. The van der Waals surface area contributed by atoms with Gasteiger partial charge in [0.2, 0.25) is 5.91 Å². The van der Waals surface area contributed by atoms with Gasteiger partial charge in [0.05, 0.1) is 11.4 Å². The van der Waals surface area contributed by atoms with Crippen molar-refractivity contribution < 1.29 is 22.0 Å². The molecule has 2 rings (SSSR count). The fourth-order valence-electron chi connectivity index (χ4n) is 2.39. The summed E-state index contributed by atoms with van der Waals surface area (Å²) in [6, 6.07) is 7.94. The lowest BCUT2D eigenvalue weighted by Gasteiger charge is -2.28. The summed E-state index contributed by atoms with van der Waals surface area (Å²) in [5.74, 6) is -2.48. The number of hydrogen-bond acceptors (Lipinski definition) is 3. The van der Waals surface area contributed by atoms with Gasteiger partial charge < -0.3 is 5.32 Å². The summed E-state index contributed by atoms with van der Waals surface area (Å²) >= 11 is 0. The lowest BCUT2D eigenvalue weighted by Crippen LogP contribution is -2.44. The van der Waals surface area contributed by atoms with Crippen molar-refractivity contribution in [3.63, 3.8) is 0 Å². The molecule has 27 heavy (non-hydrogen) atoms. The van der Waals surface area contributed by atoms with Crippen LogP contribution in [0.15, 0.2) is 36.4 Å². The molecule has 0 unspecified atom stereocenters. The minimum atomic E-state index is -3.98. The zero-order valence-corrected chi connectivity index (χ0v) is 16.3. The van der Waals surface area contributed by atoms with Crippen LogP contribution in [0.4, 0.5) is 20.2 Å². The summed E-state index contributed by atoms with van der Waals surface area (Å²) < 4.78 is 54.2. The maximum absolute atomic E-state index is 13.8. The van der Waals surface area contributed by atoms with Gasteiger partial charge in [-0.05, 0) is 43.2 Å². The molecule has 0 heterocycles. The second-order valence-electron chi connectivity index (χ2n) is 6.26. The van der Waals surface area contributed by atoms with Crippen molar-refractivity contribution in [1.82, 2.24) is 4.31 Å². The Balaban J connectivity index is 2.37. The molecule has 6 nitrogen and oxygen atoms in total. The van der Waals surface area contributed by atoms with Gasteiger partial charge in [0.25, 0.3) is 0 Å². The van der Waals surface area contributed by atoms with Crippen molar-refractivity contribution in [2.75, 3.05) is 30.3 Å². The number of nitrogens with zero attached hydrogens (tertiary/aromatic N) is 2. The fourth-order valence-corrected chi connectivity index (χ4v) is 3.51. The summed E-state index contributed by atoms with van der Waals surface area (Å²) in [5.41, 5.74) is 1.59. The first kappa shape index (κ1) is 20.8. The van der Waals surface area contributed by atoms with Crippen molar-refractivity contribution in [1.29, 1.82) is 0 Å². The second-order valence-corrected chi connectivity index (χ2v) is 8.33. The quantitative estimate of drug-likeness (QED) is 0.815. The first-order valence-corrected chi connectivity index (χ1v) is 9.44. The van der Waals surface area contributed by atoms with Crippen LogP contribution in [0, 0.1) is 25.5 Å². The molecule has 0 saturated carbocycles. The lowest BCUT2D eigenvalue weighted by atomic mass is 10.1. The highest BCUT2D eigenvalue weighted by atomic mass is 32.2. The molecule has 1 N–H and O–H groups in total. The molecule has 0 saturated heterocycles. The maximum atomic E-state index is 13.8. The van der Waals surface area contributed by atoms with E-state index in [9.17, 15) is 22.0 Å². The first-order valence-electron chi connectivity index (χ1n) is 8.04. The Labute approximate surface area is 157 Å². The maximum Gasteiger partial charge on any atom is 0.304 e. The normalized spacial score (nSPS) is 11.5. The molecule has 0 atom stereocenters. The van der Waals surface area contributed by atoms with E-state index in [0.717, 1.165) is 26.3 Å². The highest BCUT2D eigenvalue weighted by Crippen LogP contribution is 2.25. The Morgan fingerprint density at radius 2 is 1.74 bits per heavy atom. The Kier molecular flexibility index (Phi) is 6.17. The number of halogens is 2. The molecule has 0 aliphatic heterocycles. The van der Waals surface area contributed by atoms with Crippen molar-refractivity contribution in [3.8, 4) is 0 Å². The average Bonchev–Trinajstić information content (AvgIpc) is 2.57. The van der Waals surface area contributed by atoms with Crippen LogP contribution in [0.5, 0.6) is 0 Å². The smallest absolute Gasteiger partial charge is 0.304 e. The zero-order valence-electron chi connectivity index (χ0n) is 15.5. The number of amides is 1. The molecule has 146 valence electrons. The van der Waals surface area contributed by atoms with E-state index in [1.807, 2.05) is 6.07 Å². The molecule has 0 spiro atoms. The summed E-state index contributed by atoms with van der Waals surface area (Å²) in [5, 5.41) is 2.28. The van der Waals surface area contributed by atoms with Crippen molar-refractivity contribution in [3.05, 3.63) is 59.2 Å². The van der Waals surface area contributed by atoms with Crippen LogP contribution in [0.3, 0.4) is 0 Å². The van der Waals surface area contributed by atoms with Crippen LogP contribution in [-0.4, -0.2) is 39.3 Å². The van der Waals surface area contributed by atoms with Gasteiger partial charge in [-0.3, -0.25) is 4.79 Å². The number of nitrogens with one attached hydrogen (secondary N) is 1. The molecule has 9 heteroatoms. The van der Waals surface area contributed by atoms with Crippen LogP contribution in [-0.2, 0) is 15.0 Å². The van der Waals surface area contributed by atoms with E-state index in [0.29, 0.717) is 17.3 Å². The van der Waals surface area contributed by atoms with Gasteiger partial charge in [-0.2, -0.15) is 12.7 Å². The molecular formula is C18H21F2N3O3S.